The van der Waals surface area contributed by atoms with Gasteiger partial charge in [0.15, 0.2) is 18.9 Å². The first-order valence-electron chi connectivity index (χ1n) is 25.5. The van der Waals surface area contributed by atoms with E-state index in [1.165, 1.54) is 4.90 Å². The molecule has 1 saturated carbocycles. The number of carbonyl (C=O) groups excluding carboxylic acids is 4. The highest BCUT2D eigenvalue weighted by molar-refractivity contribution is 8.01. The molecule has 0 aromatic rings. The Hall–Kier alpha value is -1.81. The monoisotopic (exact) mass is 936 g/mol. The number of nitrogens with zero attached hydrogens (tertiary/aromatic N) is 1. The highest BCUT2D eigenvalue weighted by Gasteiger charge is 2.48. The minimum atomic E-state index is -0.695. The van der Waals surface area contributed by atoms with Crippen molar-refractivity contribution >= 4 is 35.4 Å². The summed E-state index contributed by atoms with van der Waals surface area (Å²) in [6.45, 7) is 33.3. The summed E-state index contributed by atoms with van der Waals surface area (Å²) in [5, 5.41) is 5.83. The number of hydrogen-bond acceptors (Lipinski definition) is 11. The third-order valence-electron chi connectivity index (χ3n) is 16.5. The van der Waals surface area contributed by atoms with Gasteiger partial charge in [0.1, 0.15) is 0 Å². The number of likely N-dealkylation sites (tertiary alicyclic amines) is 1. The van der Waals surface area contributed by atoms with E-state index in [2.05, 4.69) is 101 Å². The third-order valence-corrected chi connectivity index (χ3v) is 18.2. The van der Waals surface area contributed by atoms with Gasteiger partial charge in [-0.25, -0.2) is 0 Å². The van der Waals surface area contributed by atoms with Crippen molar-refractivity contribution in [3.8, 4) is 0 Å². The van der Waals surface area contributed by atoms with Crippen LogP contribution in [0.5, 0.6) is 0 Å². The van der Waals surface area contributed by atoms with Crippen molar-refractivity contribution in [3.05, 3.63) is 0 Å². The molecule has 17 atom stereocenters. The van der Waals surface area contributed by atoms with Crippen molar-refractivity contribution in [2.75, 3.05) is 19.9 Å². The lowest BCUT2D eigenvalue weighted by Gasteiger charge is -2.47. The van der Waals surface area contributed by atoms with Crippen molar-refractivity contribution in [1.29, 1.82) is 0 Å². The molecule has 5 fully saturated rings. The van der Waals surface area contributed by atoms with Crippen LogP contribution in [0.2, 0.25) is 0 Å². The van der Waals surface area contributed by atoms with E-state index in [1.54, 1.807) is 11.8 Å². The van der Waals surface area contributed by atoms with Crippen molar-refractivity contribution < 1.29 is 47.6 Å². The minimum Gasteiger partial charge on any atom is -0.350 e. The van der Waals surface area contributed by atoms with E-state index < -0.39 is 6.29 Å². The molecule has 0 aromatic heterocycles. The summed E-state index contributed by atoms with van der Waals surface area (Å²) in [5.74, 6) is 1.89. The highest BCUT2D eigenvalue weighted by Crippen LogP contribution is 2.43. The molecule has 2 N–H and O–H groups in total. The van der Waals surface area contributed by atoms with Crippen LogP contribution in [0.15, 0.2) is 0 Å². The largest absolute Gasteiger partial charge is 0.350 e. The second-order valence-electron chi connectivity index (χ2n) is 22.1. The van der Waals surface area contributed by atoms with Crippen LogP contribution >= 0.6 is 11.8 Å². The number of imide groups is 1. The molecule has 65 heavy (non-hydrogen) atoms. The third kappa shape index (κ3) is 13.7. The number of carbonyl (C=O) groups is 4. The lowest BCUT2D eigenvalue weighted by Crippen LogP contribution is -2.53. The van der Waals surface area contributed by atoms with Gasteiger partial charge in [-0.3, -0.25) is 24.1 Å². The normalized spacial score (nSPS) is 39.9. The van der Waals surface area contributed by atoms with Crippen LogP contribution in [-0.4, -0.2) is 108 Å². The summed E-state index contributed by atoms with van der Waals surface area (Å²) < 4.78 is 39.6. The van der Waals surface area contributed by atoms with Crippen LogP contribution in [0.3, 0.4) is 0 Å². The van der Waals surface area contributed by atoms with Crippen LogP contribution in [-0.2, 0) is 47.6 Å². The van der Waals surface area contributed by atoms with Gasteiger partial charge in [-0.05, 0) is 93.3 Å². The van der Waals surface area contributed by atoms with E-state index in [0.29, 0.717) is 61.9 Å². The number of nitrogens with one attached hydrogen (secondary N) is 2. The van der Waals surface area contributed by atoms with Crippen molar-refractivity contribution in [2.45, 2.75) is 209 Å². The Bertz CT molecular complexity index is 1560. The average Bonchev–Trinajstić information content (AvgIpc) is 3.53. The predicted molar refractivity (Wildman–Crippen MR) is 254 cm³/mol. The molecule has 14 heteroatoms. The fraction of sp³-hybridized carbons (Fsp3) is 0.922. The predicted octanol–water partition coefficient (Wildman–Crippen LogP) is 8.41. The maximum atomic E-state index is 13.7. The maximum absolute atomic E-state index is 13.7. The lowest BCUT2D eigenvalue weighted by atomic mass is 9.76. The Kier molecular flexibility index (Phi) is 20.1. The molecule has 4 aliphatic heterocycles. The fourth-order valence-electron chi connectivity index (χ4n) is 10.7. The summed E-state index contributed by atoms with van der Waals surface area (Å²) in [7, 11) is 0. The van der Waals surface area contributed by atoms with Gasteiger partial charge in [-0.15, -0.1) is 11.8 Å². The maximum Gasteiger partial charge on any atom is 0.243 e. The zero-order valence-corrected chi connectivity index (χ0v) is 43.5. The van der Waals surface area contributed by atoms with Gasteiger partial charge in [0.25, 0.3) is 0 Å². The molecule has 4 amide bonds. The Morgan fingerprint density at radius 3 is 1.80 bits per heavy atom. The molecule has 4 saturated heterocycles. The van der Waals surface area contributed by atoms with E-state index in [4.69, 9.17) is 28.4 Å². The SMILES string of the molecule is CC(C)CC1O[C@@H](OCC2O[C@@H](OCC3O[C@@H](OC(C)C)C(C)[C@@H](C)[C@H]3C)C(CC(=O)NCNC(=O)C3CCC(N4C(=O)CC(S[C@@H](C)C(C)C)C4=O)CC3)[C@@H](C)[C@H]2C)C(C)[C@@H](C)[C@H]1C. The Labute approximate surface area is 396 Å². The standard InChI is InChI=1S/C51H89N3O10S/c1-26(2)20-41-32(10)29(7)35(13)49(62-41)59-23-43-34(12)31(9)40(51(64-43)60-24-42-33(11)30(8)36(14)50(63-42)61-28(5)6)21-45(55)52-25-53-47(57)38-16-18-39(19-17-38)54-46(56)22-44(48(54)58)65-37(15)27(3)4/h26-44,49-51H,16-25H2,1-15H3,(H,52,55)(H,53,57)/t29-,30-,31-,32+,33+,34+,35?,36?,37-,38?,39?,40?,41?,42?,43?,44?,49+,50+,51+/m0/s1. The Morgan fingerprint density at radius 1 is 0.677 bits per heavy atom. The van der Waals surface area contributed by atoms with Gasteiger partial charge in [0.2, 0.25) is 23.6 Å². The molecular formula is C51H89N3O10S. The average molecular weight is 936 g/mol. The van der Waals surface area contributed by atoms with E-state index in [0.717, 1.165) is 6.42 Å². The first kappa shape index (κ1) is 54.1. The van der Waals surface area contributed by atoms with Crippen LogP contribution in [0.1, 0.15) is 149 Å². The smallest absolute Gasteiger partial charge is 0.243 e. The number of rotatable bonds is 19. The zero-order chi connectivity index (χ0) is 48.0. The second kappa shape index (κ2) is 24.2. The molecule has 0 spiro atoms. The first-order chi connectivity index (χ1) is 30.6. The van der Waals surface area contributed by atoms with Crippen molar-refractivity contribution in [3.63, 3.8) is 0 Å². The van der Waals surface area contributed by atoms with Gasteiger partial charge in [-0.2, -0.15) is 0 Å². The quantitative estimate of drug-likeness (QED) is 0.0950. The van der Waals surface area contributed by atoms with Crippen LogP contribution in [0.25, 0.3) is 0 Å². The van der Waals surface area contributed by atoms with Crippen LogP contribution < -0.4 is 10.6 Å². The molecule has 0 bridgehead atoms. The Balaban J connectivity index is 1.18. The first-order valence-corrected chi connectivity index (χ1v) is 26.4. The summed E-state index contributed by atoms with van der Waals surface area (Å²) >= 11 is 1.60. The molecule has 5 rings (SSSR count). The molecule has 5 aliphatic rings. The number of ether oxygens (including phenoxy) is 6. The number of hydrogen-bond donors (Lipinski definition) is 2. The molecular weight excluding hydrogens is 847 g/mol. The van der Waals surface area contributed by atoms with Gasteiger partial charge in [-0.1, -0.05) is 90.0 Å². The van der Waals surface area contributed by atoms with Crippen LogP contribution in [0, 0.1) is 71.0 Å². The summed E-state index contributed by atoms with van der Waals surface area (Å²) in [5.41, 5.74) is 0. The van der Waals surface area contributed by atoms with E-state index in [9.17, 15) is 19.2 Å². The van der Waals surface area contributed by atoms with Gasteiger partial charge in [0.05, 0.1) is 49.5 Å². The van der Waals surface area contributed by atoms with E-state index in [-0.39, 0.29) is 145 Å². The van der Waals surface area contributed by atoms with Gasteiger partial charge < -0.3 is 39.1 Å². The molecule has 13 nitrogen and oxygen atoms in total. The molecule has 1 aliphatic carbocycles. The van der Waals surface area contributed by atoms with Gasteiger partial charge >= 0.3 is 0 Å². The number of thioether (sulfide) groups is 1. The van der Waals surface area contributed by atoms with Crippen molar-refractivity contribution in [1.82, 2.24) is 15.5 Å². The summed E-state index contributed by atoms with van der Waals surface area (Å²) in [6, 6.07) is -0.171. The topological polar surface area (TPSA) is 151 Å². The summed E-state index contributed by atoms with van der Waals surface area (Å²) in [4.78, 5) is 54.8. The molecule has 7 unspecified atom stereocenters. The number of amides is 4. The molecule has 4 heterocycles. The highest BCUT2D eigenvalue weighted by atomic mass is 32.2. The van der Waals surface area contributed by atoms with E-state index in [1.807, 2.05) is 13.8 Å². The zero-order valence-electron chi connectivity index (χ0n) is 42.7. The Morgan fingerprint density at radius 2 is 1.22 bits per heavy atom. The second-order valence-corrected chi connectivity index (χ2v) is 23.6. The summed E-state index contributed by atoms with van der Waals surface area (Å²) in [6.07, 6.45) is 2.02. The molecule has 0 radical (unpaired) electrons. The van der Waals surface area contributed by atoms with Crippen molar-refractivity contribution in [2.24, 2.45) is 71.0 Å². The molecule has 0 aromatic carbocycles. The lowest BCUT2D eigenvalue weighted by molar-refractivity contribution is -0.308. The minimum absolute atomic E-state index is 0.00227. The van der Waals surface area contributed by atoms with E-state index >= 15 is 0 Å². The fourth-order valence-corrected chi connectivity index (χ4v) is 12.0. The van der Waals surface area contributed by atoms with Crippen LogP contribution in [0.4, 0.5) is 0 Å². The molecule has 374 valence electrons. The van der Waals surface area contributed by atoms with Gasteiger partial charge in [0, 0.05) is 47.8 Å².